The van der Waals surface area contributed by atoms with Gasteiger partial charge in [0.1, 0.15) is 12.4 Å². The largest absolute Gasteiger partial charge is 0.383 e. The minimum absolute atomic E-state index is 0.0422. The molecule has 0 aromatic heterocycles. The second kappa shape index (κ2) is 12.9. The fourth-order valence-corrected chi connectivity index (χ4v) is 3.89. The monoisotopic (exact) mass is 499 g/mol. The van der Waals surface area contributed by atoms with Gasteiger partial charge in [-0.1, -0.05) is 6.07 Å². The fourth-order valence-electron chi connectivity index (χ4n) is 3.89. The first kappa shape index (κ1) is 26.9. The van der Waals surface area contributed by atoms with Crippen molar-refractivity contribution in [3.63, 3.8) is 0 Å². The molecule has 1 aliphatic heterocycles. The van der Waals surface area contributed by atoms with Crippen LogP contribution in [-0.2, 0) is 9.53 Å². The lowest BCUT2D eigenvalue weighted by molar-refractivity contribution is -0.116. The van der Waals surface area contributed by atoms with Gasteiger partial charge in [0.25, 0.3) is 5.91 Å². The van der Waals surface area contributed by atoms with Crippen molar-refractivity contribution >= 4 is 29.2 Å². The molecule has 1 saturated heterocycles. The van der Waals surface area contributed by atoms with Gasteiger partial charge in [-0.2, -0.15) is 0 Å². The van der Waals surface area contributed by atoms with E-state index in [0.717, 1.165) is 5.69 Å². The zero-order valence-corrected chi connectivity index (χ0v) is 21.0. The molecule has 0 radical (unpaired) electrons. The summed E-state index contributed by atoms with van der Waals surface area (Å²) in [7, 11) is 1.54. The number of carbonyl (C=O) groups is 3. The molecule has 1 fully saturated rings. The van der Waals surface area contributed by atoms with Gasteiger partial charge in [0.15, 0.2) is 0 Å². The van der Waals surface area contributed by atoms with E-state index in [4.69, 9.17) is 4.74 Å². The first-order chi connectivity index (χ1) is 17.3. The van der Waals surface area contributed by atoms with E-state index in [1.165, 1.54) is 23.1 Å². The Balaban J connectivity index is 1.51. The Labute approximate surface area is 211 Å². The number of piperazine rings is 1. The first-order valence-corrected chi connectivity index (χ1v) is 12.0. The summed E-state index contributed by atoms with van der Waals surface area (Å²) >= 11 is 0. The fraction of sp³-hybridized carbons (Fsp3) is 0.423. The van der Waals surface area contributed by atoms with Gasteiger partial charge in [-0.05, 0) is 56.3 Å². The maximum Gasteiger partial charge on any atom is 0.318 e. The van der Waals surface area contributed by atoms with Gasteiger partial charge in [0.05, 0.1) is 6.61 Å². The molecule has 10 heteroatoms. The van der Waals surface area contributed by atoms with Crippen LogP contribution in [0.15, 0.2) is 48.5 Å². The van der Waals surface area contributed by atoms with Crippen molar-refractivity contribution < 1.29 is 23.5 Å². The van der Waals surface area contributed by atoms with E-state index < -0.39 is 5.82 Å². The predicted molar refractivity (Wildman–Crippen MR) is 137 cm³/mol. The van der Waals surface area contributed by atoms with Gasteiger partial charge in [-0.15, -0.1) is 0 Å². The highest BCUT2D eigenvalue weighted by Gasteiger charge is 2.23. The van der Waals surface area contributed by atoms with Crippen molar-refractivity contribution in [1.82, 2.24) is 15.1 Å². The molecule has 0 aliphatic carbocycles. The highest BCUT2D eigenvalue weighted by Crippen LogP contribution is 2.20. The normalized spacial score (nSPS) is 13.5. The smallest absolute Gasteiger partial charge is 0.318 e. The SMILES string of the molecule is COCCN(CC(=O)Nc1ccc(N2CCN(C(=O)c3cccc(F)c3)CC2)cc1)C(=O)NC(C)C. The number of hydrogen-bond acceptors (Lipinski definition) is 5. The number of anilines is 2. The zero-order valence-electron chi connectivity index (χ0n) is 21.0. The summed E-state index contributed by atoms with van der Waals surface area (Å²) in [4.78, 5) is 42.9. The molecule has 0 unspecified atom stereocenters. The number of halogens is 1. The summed E-state index contributed by atoms with van der Waals surface area (Å²) < 4.78 is 18.5. The molecule has 2 aromatic rings. The van der Waals surface area contributed by atoms with Crippen LogP contribution in [0.3, 0.4) is 0 Å². The average Bonchev–Trinajstić information content (AvgIpc) is 2.86. The highest BCUT2D eigenvalue weighted by atomic mass is 19.1. The van der Waals surface area contributed by atoms with Gasteiger partial charge < -0.3 is 30.1 Å². The Kier molecular flexibility index (Phi) is 9.63. The predicted octanol–water partition coefficient (Wildman–Crippen LogP) is 2.79. The van der Waals surface area contributed by atoms with Gasteiger partial charge in [0.2, 0.25) is 5.91 Å². The topological polar surface area (TPSA) is 94.2 Å². The maximum absolute atomic E-state index is 13.5. The molecule has 2 aromatic carbocycles. The van der Waals surface area contributed by atoms with E-state index in [-0.39, 0.29) is 30.4 Å². The number of urea groups is 1. The molecule has 1 heterocycles. The molecular formula is C26H34FN5O4. The average molecular weight is 500 g/mol. The van der Waals surface area contributed by atoms with Gasteiger partial charge >= 0.3 is 6.03 Å². The summed E-state index contributed by atoms with van der Waals surface area (Å²) in [5.41, 5.74) is 1.95. The summed E-state index contributed by atoms with van der Waals surface area (Å²) in [5.74, 6) is -0.899. The van der Waals surface area contributed by atoms with Crippen LogP contribution in [0.25, 0.3) is 0 Å². The van der Waals surface area contributed by atoms with Gasteiger partial charge in [-0.25, -0.2) is 9.18 Å². The van der Waals surface area contributed by atoms with Crippen LogP contribution < -0.4 is 15.5 Å². The molecule has 0 bridgehead atoms. The lowest BCUT2D eigenvalue weighted by Gasteiger charge is -2.36. The van der Waals surface area contributed by atoms with Crippen LogP contribution in [0.2, 0.25) is 0 Å². The van der Waals surface area contributed by atoms with E-state index in [0.29, 0.717) is 50.6 Å². The lowest BCUT2D eigenvalue weighted by atomic mass is 10.1. The number of amides is 4. The molecular weight excluding hydrogens is 465 g/mol. The van der Waals surface area contributed by atoms with Crippen molar-refractivity contribution in [2.75, 3.05) is 63.2 Å². The number of nitrogens with zero attached hydrogens (tertiary/aromatic N) is 3. The number of methoxy groups -OCH3 is 1. The van der Waals surface area contributed by atoms with E-state index in [1.54, 1.807) is 18.1 Å². The number of nitrogens with one attached hydrogen (secondary N) is 2. The van der Waals surface area contributed by atoms with Crippen LogP contribution >= 0.6 is 0 Å². The van der Waals surface area contributed by atoms with Crippen LogP contribution in [-0.4, -0.2) is 86.7 Å². The number of rotatable bonds is 9. The summed E-state index contributed by atoms with van der Waals surface area (Å²) in [6.45, 7) is 6.60. The van der Waals surface area contributed by atoms with E-state index in [9.17, 15) is 18.8 Å². The third kappa shape index (κ3) is 7.67. The molecule has 3 rings (SSSR count). The van der Waals surface area contributed by atoms with E-state index in [2.05, 4.69) is 15.5 Å². The van der Waals surface area contributed by atoms with Gasteiger partial charge in [0, 0.05) is 62.8 Å². The molecule has 1 aliphatic rings. The van der Waals surface area contributed by atoms with Crippen LogP contribution in [0, 0.1) is 5.82 Å². The first-order valence-electron chi connectivity index (χ1n) is 12.0. The molecule has 36 heavy (non-hydrogen) atoms. The van der Waals surface area contributed by atoms with Crippen molar-refractivity contribution in [3.8, 4) is 0 Å². The molecule has 194 valence electrons. The number of ether oxygens (including phenoxy) is 1. The maximum atomic E-state index is 13.5. The second-order valence-electron chi connectivity index (χ2n) is 8.90. The van der Waals surface area contributed by atoms with Crippen molar-refractivity contribution in [2.45, 2.75) is 19.9 Å². The standard InChI is InChI=1S/C26H34FN5O4/c1-19(2)28-26(35)32(15-16-36-3)18-24(33)29-22-7-9-23(10-8-22)30-11-13-31(14-12-30)25(34)20-5-4-6-21(27)17-20/h4-10,17,19H,11-16,18H2,1-3H3,(H,28,35)(H,29,33). The second-order valence-corrected chi connectivity index (χ2v) is 8.90. The number of hydrogen-bond donors (Lipinski definition) is 2. The van der Waals surface area contributed by atoms with E-state index in [1.807, 2.05) is 38.1 Å². The molecule has 9 nitrogen and oxygen atoms in total. The summed E-state index contributed by atoms with van der Waals surface area (Å²) in [6, 6.07) is 12.8. The van der Waals surface area contributed by atoms with Crippen molar-refractivity contribution in [1.29, 1.82) is 0 Å². The highest BCUT2D eigenvalue weighted by molar-refractivity contribution is 5.95. The van der Waals surface area contributed by atoms with Crippen molar-refractivity contribution in [3.05, 3.63) is 59.9 Å². The Morgan fingerprint density at radius 2 is 1.75 bits per heavy atom. The van der Waals surface area contributed by atoms with Crippen LogP contribution in [0.4, 0.5) is 20.6 Å². The zero-order chi connectivity index (χ0) is 26.1. The van der Waals surface area contributed by atoms with Crippen LogP contribution in [0.5, 0.6) is 0 Å². The Hall–Kier alpha value is -3.66. The number of benzene rings is 2. The molecule has 2 N–H and O–H groups in total. The third-order valence-electron chi connectivity index (χ3n) is 5.75. The van der Waals surface area contributed by atoms with Crippen molar-refractivity contribution in [2.24, 2.45) is 0 Å². The molecule has 0 spiro atoms. The van der Waals surface area contributed by atoms with Crippen LogP contribution in [0.1, 0.15) is 24.2 Å². The Bertz CT molecular complexity index is 1040. The molecule has 4 amide bonds. The Morgan fingerprint density at radius 3 is 2.36 bits per heavy atom. The minimum atomic E-state index is -0.423. The third-order valence-corrected chi connectivity index (χ3v) is 5.75. The quantitative estimate of drug-likeness (QED) is 0.554. The number of carbonyl (C=O) groups excluding carboxylic acids is 3. The summed E-state index contributed by atoms with van der Waals surface area (Å²) in [6.07, 6.45) is 0. The lowest BCUT2D eigenvalue weighted by Crippen LogP contribution is -2.48. The molecule has 0 atom stereocenters. The van der Waals surface area contributed by atoms with Gasteiger partial charge in [-0.3, -0.25) is 9.59 Å². The molecule has 0 saturated carbocycles. The minimum Gasteiger partial charge on any atom is -0.383 e. The Morgan fingerprint density at radius 1 is 1.06 bits per heavy atom. The van der Waals surface area contributed by atoms with E-state index >= 15 is 0 Å². The summed E-state index contributed by atoms with van der Waals surface area (Å²) in [5, 5.41) is 5.62.